The third kappa shape index (κ3) is 3.06. The van der Waals surface area contributed by atoms with Gasteiger partial charge in [-0.3, -0.25) is 4.79 Å². The lowest BCUT2D eigenvalue weighted by atomic mass is 10.0. The quantitative estimate of drug-likeness (QED) is 0.867. The number of aromatic hydroxyl groups is 1. The molecule has 0 amide bonds. The standard InChI is InChI=1S/C15H13ClO3/c1-2-19-12-7-8-13(14(17)9-12)15(18)10-3-5-11(16)6-4-10/h3-9,17H,2H2,1H3. The number of phenolic OH excluding ortho intramolecular Hbond substituents is 1. The lowest BCUT2D eigenvalue weighted by Gasteiger charge is -2.07. The normalized spacial score (nSPS) is 10.2. The molecule has 0 aromatic heterocycles. The number of halogens is 1. The smallest absolute Gasteiger partial charge is 0.196 e. The van der Waals surface area contributed by atoms with Crippen LogP contribution in [0.25, 0.3) is 0 Å². The molecule has 0 unspecified atom stereocenters. The second-order valence-corrected chi connectivity index (χ2v) is 4.38. The Labute approximate surface area is 116 Å². The van der Waals surface area contributed by atoms with E-state index in [2.05, 4.69) is 0 Å². The summed E-state index contributed by atoms with van der Waals surface area (Å²) in [5.74, 6) is 0.191. The van der Waals surface area contributed by atoms with Crippen molar-refractivity contribution in [2.45, 2.75) is 6.92 Å². The zero-order valence-electron chi connectivity index (χ0n) is 10.4. The van der Waals surface area contributed by atoms with Gasteiger partial charge in [0, 0.05) is 16.7 Å². The van der Waals surface area contributed by atoms with Gasteiger partial charge < -0.3 is 9.84 Å². The summed E-state index contributed by atoms with van der Waals surface area (Å²) >= 11 is 5.77. The summed E-state index contributed by atoms with van der Waals surface area (Å²) in [5, 5.41) is 10.4. The fraction of sp³-hybridized carbons (Fsp3) is 0.133. The van der Waals surface area contributed by atoms with Crippen molar-refractivity contribution in [1.82, 2.24) is 0 Å². The molecule has 0 fully saturated rings. The highest BCUT2D eigenvalue weighted by Crippen LogP contribution is 2.26. The van der Waals surface area contributed by atoms with Crippen LogP contribution in [0, 0.1) is 0 Å². The number of phenols is 1. The number of carbonyl (C=O) groups is 1. The van der Waals surface area contributed by atoms with E-state index >= 15 is 0 Å². The summed E-state index contributed by atoms with van der Waals surface area (Å²) < 4.78 is 5.25. The van der Waals surface area contributed by atoms with Crippen LogP contribution >= 0.6 is 11.6 Å². The second-order valence-electron chi connectivity index (χ2n) is 3.95. The number of benzene rings is 2. The Morgan fingerprint density at radius 2 is 1.89 bits per heavy atom. The lowest BCUT2D eigenvalue weighted by molar-refractivity contribution is 0.103. The van der Waals surface area contributed by atoms with Gasteiger partial charge in [-0.25, -0.2) is 0 Å². The molecule has 0 saturated heterocycles. The van der Waals surface area contributed by atoms with Crippen molar-refractivity contribution >= 4 is 17.4 Å². The predicted molar refractivity (Wildman–Crippen MR) is 74.2 cm³/mol. The van der Waals surface area contributed by atoms with Gasteiger partial charge in [0.2, 0.25) is 0 Å². The van der Waals surface area contributed by atoms with Crippen LogP contribution in [0.4, 0.5) is 0 Å². The van der Waals surface area contributed by atoms with E-state index in [1.165, 1.54) is 6.07 Å². The Kier molecular flexibility index (Phi) is 4.07. The summed E-state index contributed by atoms with van der Waals surface area (Å²) in [6, 6.07) is 11.2. The van der Waals surface area contributed by atoms with Crippen LogP contribution in [0.2, 0.25) is 5.02 Å². The van der Waals surface area contributed by atoms with Gasteiger partial charge in [0.25, 0.3) is 0 Å². The molecule has 0 saturated carbocycles. The second kappa shape index (κ2) is 5.76. The monoisotopic (exact) mass is 276 g/mol. The predicted octanol–water partition coefficient (Wildman–Crippen LogP) is 3.68. The molecule has 0 heterocycles. The number of ether oxygens (including phenoxy) is 1. The molecule has 0 radical (unpaired) electrons. The first kappa shape index (κ1) is 13.4. The molecule has 2 aromatic rings. The molecule has 0 spiro atoms. The summed E-state index contributed by atoms with van der Waals surface area (Å²) in [4.78, 5) is 12.2. The molecule has 0 aliphatic rings. The van der Waals surface area contributed by atoms with Crippen molar-refractivity contribution in [2.75, 3.05) is 6.61 Å². The minimum atomic E-state index is -0.253. The third-order valence-corrected chi connectivity index (χ3v) is 2.88. The Morgan fingerprint density at radius 3 is 2.47 bits per heavy atom. The zero-order chi connectivity index (χ0) is 13.8. The average molecular weight is 277 g/mol. The fourth-order valence-electron chi connectivity index (χ4n) is 1.72. The van der Waals surface area contributed by atoms with Gasteiger partial charge in [-0.05, 0) is 43.3 Å². The van der Waals surface area contributed by atoms with Crippen LogP contribution in [0.15, 0.2) is 42.5 Å². The van der Waals surface area contributed by atoms with Crippen molar-refractivity contribution in [3.05, 3.63) is 58.6 Å². The number of ketones is 1. The van der Waals surface area contributed by atoms with Crippen LogP contribution in [0.1, 0.15) is 22.8 Å². The minimum absolute atomic E-state index is 0.0918. The Balaban J connectivity index is 2.31. The van der Waals surface area contributed by atoms with E-state index in [-0.39, 0.29) is 17.1 Å². The molecule has 0 aliphatic carbocycles. The van der Waals surface area contributed by atoms with Gasteiger partial charge in [-0.1, -0.05) is 11.6 Å². The SMILES string of the molecule is CCOc1ccc(C(=O)c2ccc(Cl)cc2)c(O)c1. The zero-order valence-corrected chi connectivity index (χ0v) is 11.1. The molecule has 0 aliphatic heterocycles. The fourth-order valence-corrected chi connectivity index (χ4v) is 1.84. The largest absolute Gasteiger partial charge is 0.507 e. The topological polar surface area (TPSA) is 46.5 Å². The third-order valence-electron chi connectivity index (χ3n) is 2.63. The molecule has 1 N–H and O–H groups in total. The molecule has 3 nitrogen and oxygen atoms in total. The van der Waals surface area contributed by atoms with E-state index in [9.17, 15) is 9.90 Å². The maximum absolute atomic E-state index is 12.2. The maximum atomic E-state index is 12.2. The highest BCUT2D eigenvalue weighted by molar-refractivity contribution is 6.30. The maximum Gasteiger partial charge on any atom is 0.196 e. The molecule has 4 heteroatoms. The molecule has 0 bridgehead atoms. The molecule has 2 rings (SSSR count). The number of rotatable bonds is 4. The Hall–Kier alpha value is -2.00. The number of hydrogen-bond acceptors (Lipinski definition) is 3. The molecule has 2 aromatic carbocycles. The van der Waals surface area contributed by atoms with Gasteiger partial charge in [0.1, 0.15) is 11.5 Å². The number of hydrogen-bond donors (Lipinski definition) is 1. The molecule has 19 heavy (non-hydrogen) atoms. The van der Waals surface area contributed by atoms with Crippen molar-refractivity contribution < 1.29 is 14.6 Å². The van der Waals surface area contributed by atoms with Crippen LogP contribution in [0.5, 0.6) is 11.5 Å². The lowest BCUT2D eigenvalue weighted by Crippen LogP contribution is -2.02. The van der Waals surface area contributed by atoms with E-state index in [4.69, 9.17) is 16.3 Å². The first-order chi connectivity index (χ1) is 9.11. The summed E-state index contributed by atoms with van der Waals surface area (Å²) in [5.41, 5.74) is 0.717. The Morgan fingerprint density at radius 1 is 1.21 bits per heavy atom. The van der Waals surface area contributed by atoms with Crippen LogP contribution in [0.3, 0.4) is 0 Å². The van der Waals surface area contributed by atoms with E-state index in [0.29, 0.717) is 22.9 Å². The first-order valence-corrected chi connectivity index (χ1v) is 6.25. The highest BCUT2D eigenvalue weighted by atomic mass is 35.5. The van der Waals surface area contributed by atoms with Gasteiger partial charge in [0.15, 0.2) is 5.78 Å². The van der Waals surface area contributed by atoms with Crippen LogP contribution in [-0.2, 0) is 0 Å². The van der Waals surface area contributed by atoms with E-state index in [0.717, 1.165) is 0 Å². The van der Waals surface area contributed by atoms with Gasteiger partial charge in [0.05, 0.1) is 12.2 Å². The number of carbonyl (C=O) groups excluding carboxylic acids is 1. The van der Waals surface area contributed by atoms with E-state index in [1.54, 1.807) is 36.4 Å². The molecular weight excluding hydrogens is 264 g/mol. The minimum Gasteiger partial charge on any atom is -0.507 e. The first-order valence-electron chi connectivity index (χ1n) is 5.88. The van der Waals surface area contributed by atoms with Crippen molar-refractivity contribution in [1.29, 1.82) is 0 Å². The average Bonchev–Trinajstić information content (AvgIpc) is 2.39. The van der Waals surface area contributed by atoms with E-state index in [1.807, 2.05) is 6.92 Å². The molecule has 0 atom stereocenters. The van der Waals surface area contributed by atoms with Crippen LogP contribution in [-0.4, -0.2) is 17.5 Å². The van der Waals surface area contributed by atoms with Gasteiger partial charge >= 0.3 is 0 Å². The summed E-state index contributed by atoms with van der Waals surface area (Å²) in [6.45, 7) is 2.35. The summed E-state index contributed by atoms with van der Waals surface area (Å²) in [6.07, 6.45) is 0. The van der Waals surface area contributed by atoms with Crippen molar-refractivity contribution in [2.24, 2.45) is 0 Å². The van der Waals surface area contributed by atoms with Gasteiger partial charge in [-0.2, -0.15) is 0 Å². The summed E-state index contributed by atoms with van der Waals surface area (Å²) in [7, 11) is 0. The highest BCUT2D eigenvalue weighted by Gasteiger charge is 2.14. The van der Waals surface area contributed by atoms with Gasteiger partial charge in [-0.15, -0.1) is 0 Å². The van der Waals surface area contributed by atoms with Crippen LogP contribution < -0.4 is 4.74 Å². The molecule has 98 valence electrons. The molecular formula is C15H13ClO3. The van der Waals surface area contributed by atoms with Crippen molar-refractivity contribution in [3.63, 3.8) is 0 Å². The van der Waals surface area contributed by atoms with Crippen molar-refractivity contribution in [3.8, 4) is 11.5 Å². The van der Waals surface area contributed by atoms with E-state index < -0.39 is 0 Å². The Bertz CT molecular complexity index is 591.